The van der Waals surface area contributed by atoms with Gasteiger partial charge in [0.25, 0.3) is 0 Å². The van der Waals surface area contributed by atoms with Crippen LogP contribution in [-0.2, 0) is 5.41 Å². The van der Waals surface area contributed by atoms with Crippen molar-refractivity contribution in [2.45, 2.75) is 51.4 Å². The first-order chi connectivity index (χ1) is 25.9. The quantitative estimate of drug-likeness (QED) is 0.173. The van der Waals surface area contributed by atoms with Crippen molar-refractivity contribution < 1.29 is 0 Å². The SMILES string of the molecule is C[C@@H]1CC2C[C@H](C)CC(c3ccc(-c4nc(-c5ccc6c7ccccc7c7cc(C#N)ccc7c6c5)nc(-c5cccc6ccccc56)n4)cc3)(C2)C1. The molecule has 0 aliphatic heterocycles. The number of rotatable bonds is 4. The molecule has 2 fully saturated rings. The summed E-state index contributed by atoms with van der Waals surface area (Å²) in [4.78, 5) is 15.6. The predicted octanol–water partition coefficient (Wildman–Crippen LogP) is 12.5. The summed E-state index contributed by atoms with van der Waals surface area (Å²) in [6.45, 7) is 4.90. The van der Waals surface area contributed by atoms with Gasteiger partial charge in [0.2, 0.25) is 0 Å². The first-order valence-corrected chi connectivity index (χ1v) is 19.1. The molecule has 1 heterocycles. The Bertz CT molecular complexity index is 2750. The molecule has 7 aromatic carbocycles. The molecule has 0 N–H and O–H groups in total. The van der Waals surface area contributed by atoms with Gasteiger partial charge >= 0.3 is 0 Å². The number of nitriles is 1. The Labute approximate surface area is 310 Å². The second-order valence-corrected chi connectivity index (χ2v) is 16.0. The Morgan fingerprint density at radius 2 is 1.09 bits per heavy atom. The molecule has 4 atom stereocenters. The van der Waals surface area contributed by atoms with Gasteiger partial charge in [-0.05, 0) is 122 Å². The van der Waals surface area contributed by atoms with Crippen LogP contribution in [0.25, 0.3) is 77.3 Å². The number of hydrogen-bond donors (Lipinski definition) is 0. The van der Waals surface area contributed by atoms with E-state index in [2.05, 4.69) is 135 Å². The van der Waals surface area contributed by atoms with Gasteiger partial charge in [-0.1, -0.05) is 123 Å². The maximum absolute atomic E-state index is 9.75. The fourth-order valence-electron chi connectivity index (χ4n) is 10.4. The lowest BCUT2D eigenvalue weighted by Gasteiger charge is -2.50. The molecule has 2 aliphatic rings. The smallest absolute Gasteiger partial charge is 0.164 e. The van der Waals surface area contributed by atoms with Crippen LogP contribution in [0.15, 0.2) is 127 Å². The van der Waals surface area contributed by atoms with E-state index in [0.29, 0.717) is 23.0 Å². The molecular weight excluding hydrogens is 645 g/mol. The highest BCUT2D eigenvalue weighted by Crippen LogP contribution is 2.54. The van der Waals surface area contributed by atoms with Crippen LogP contribution in [0, 0.1) is 29.1 Å². The van der Waals surface area contributed by atoms with Gasteiger partial charge in [0.15, 0.2) is 17.5 Å². The van der Waals surface area contributed by atoms with Gasteiger partial charge < -0.3 is 0 Å². The first-order valence-electron chi connectivity index (χ1n) is 19.1. The molecule has 0 spiro atoms. The minimum Gasteiger partial charge on any atom is -0.208 e. The van der Waals surface area contributed by atoms with Gasteiger partial charge in [0.1, 0.15) is 0 Å². The van der Waals surface area contributed by atoms with Crippen LogP contribution in [0.2, 0.25) is 0 Å². The Kier molecular flexibility index (Phi) is 7.41. The molecule has 0 radical (unpaired) electrons. The third-order valence-corrected chi connectivity index (χ3v) is 12.3. The minimum atomic E-state index is 0.267. The topological polar surface area (TPSA) is 62.5 Å². The summed E-state index contributed by atoms with van der Waals surface area (Å²) < 4.78 is 0. The van der Waals surface area contributed by atoms with Crippen LogP contribution in [0.5, 0.6) is 0 Å². The highest BCUT2D eigenvalue weighted by molar-refractivity contribution is 6.25. The number of fused-ring (bicyclic) bond motifs is 9. The van der Waals surface area contributed by atoms with Gasteiger partial charge in [-0.2, -0.15) is 5.26 Å². The van der Waals surface area contributed by atoms with Gasteiger partial charge in [-0.25, -0.2) is 15.0 Å². The van der Waals surface area contributed by atoms with Crippen LogP contribution in [0.1, 0.15) is 57.1 Å². The maximum atomic E-state index is 9.75. The van der Waals surface area contributed by atoms with Crippen molar-refractivity contribution in [3.8, 4) is 40.2 Å². The summed E-state index contributed by atoms with van der Waals surface area (Å²) in [7, 11) is 0. The fourth-order valence-corrected chi connectivity index (χ4v) is 10.4. The van der Waals surface area contributed by atoms with E-state index in [4.69, 9.17) is 15.0 Å². The number of aromatic nitrogens is 3. The normalized spacial score (nSPS) is 21.3. The Morgan fingerprint density at radius 3 is 1.85 bits per heavy atom. The number of hydrogen-bond acceptors (Lipinski definition) is 4. The van der Waals surface area contributed by atoms with Crippen molar-refractivity contribution in [2.24, 2.45) is 17.8 Å². The van der Waals surface area contributed by atoms with Crippen molar-refractivity contribution in [2.75, 3.05) is 0 Å². The molecule has 2 bridgehead atoms. The molecule has 4 nitrogen and oxygen atoms in total. The summed E-state index contributed by atoms with van der Waals surface area (Å²) >= 11 is 0. The van der Waals surface area contributed by atoms with Gasteiger partial charge in [-0.15, -0.1) is 0 Å². The molecule has 0 amide bonds. The van der Waals surface area contributed by atoms with Crippen LogP contribution in [0.3, 0.4) is 0 Å². The van der Waals surface area contributed by atoms with E-state index < -0.39 is 0 Å². The third-order valence-electron chi connectivity index (χ3n) is 12.3. The van der Waals surface area contributed by atoms with E-state index in [9.17, 15) is 5.26 Å². The van der Waals surface area contributed by atoms with Crippen molar-refractivity contribution in [1.82, 2.24) is 15.0 Å². The number of benzene rings is 7. The van der Waals surface area contributed by atoms with Crippen LogP contribution in [-0.4, -0.2) is 15.0 Å². The van der Waals surface area contributed by atoms with Crippen molar-refractivity contribution in [3.05, 3.63) is 139 Å². The molecule has 2 unspecified atom stereocenters. The van der Waals surface area contributed by atoms with E-state index in [-0.39, 0.29) is 5.41 Å². The summed E-state index contributed by atoms with van der Waals surface area (Å²) in [5, 5.41) is 18.8. The summed E-state index contributed by atoms with van der Waals surface area (Å²) in [6, 6.07) is 47.4. The zero-order valence-electron chi connectivity index (χ0n) is 30.2. The molecule has 53 heavy (non-hydrogen) atoms. The second kappa shape index (κ2) is 12.3. The van der Waals surface area contributed by atoms with Crippen LogP contribution in [0.4, 0.5) is 0 Å². The molecule has 2 aliphatic carbocycles. The van der Waals surface area contributed by atoms with E-state index >= 15 is 0 Å². The molecule has 0 saturated heterocycles. The summed E-state index contributed by atoms with van der Waals surface area (Å²) in [5.74, 6) is 4.35. The average molecular weight is 685 g/mol. The monoisotopic (exact) mass is 684 g/mol. The Balaban J connectivity index is 1.15. The summed E-state index contributed by atoms with van der Waals surface area (Å²) in [6.07, 6.45) is 6.61. The fraction of sp³-hybridized carbons (Fsp3) is 0.224. The maximum Gasteiger partial charge on any atom is 0.164 e. The molecule has 10 rings (SSSR count). The first kappa shape index (κ1) is 31.8. The molecule has 2 saturated carbocycles. The van der Waals surface area contributed by atoms with E-state index in [1.807, 2.05) is 12.1 Å². The minimum absolute atomic E-state index is 0.267. The molecule has 1 aromatic heterocycles. The lowest BCUT2D eigenvalue weighted by atomic mass is 9.54. The molecule has 4 heteroatoms. The summed E-state index contributed by atoms with van der Waals surface area (Å²) in [5.41, 5.74) is 5.31. The van der Waals surface area contributed by atoms with Crippen molar-refractivity contribution >= 4 is 43.1 Å². The zero-order chi connectivity index (χ0) is 35.7. The highest BCUT2D eigenvalue weighted by Gasteiger charge is 2.45. The number of nitrogens with zero attached hydrogens (tertiary/aromatic N) is 4. The van der Waals surface area contributed by atoms with Crippen LogP contribution < -0.4 is 0 Å². The molecule has 256 valence electrons. The Morgan fingerprint density at radius 1 is 0.528 bits per heavy atom. The van der Waals surface area contributed by atoms with E-state index in [1.165, 1.54) is 37.7 Å². The van der Waals surface area contributed by atoms with Gasteiger partial charge in [0.05, 0.1) is 11.6 Å². The highest BCUT2D eigenvalue weighted by atomic mass is 15.0. The van der Waals surface area contributed by atoms with Crippen molar-refractivity contribution in [1.29, 1.82) is 5.26 Å². The average Bonchev–Trinajstić information content (AvgIpc) is 3.19. The molecule has 8 aromatic rings. The van der Waals surface area contributed by atoms with Gasteiger partial charge in [-0.3, -0.25) is 0 Å². The lowest BCUT2D eigenvalue weighted by Crippen LogP contribution is -2.42. The third kappa shape index (κ3) is 5.37. The largest absolute Gasteiger partial charge is 0.208 e. The van der Waals surface area contributed by atoms with Crippen molar-refractivity contribution in [3.63, 3.8) is 0 Å². The Hall–Kier alpha value is -5.92. The lowest BCUT2D eigenvalue weighted by molar-refractivity contribution is 0.0780. The van der Waals surface area contributed by atoms with Gasteiger partial charge in [0, 0.05) is 16.7 Å². The van der Waals surface area contributed by atoms with Crippen LogP contribution >= 0.6 is 0 Å². The van der Waals surface area contributed by atoms with E-state index in [1.54, 1.807) is 0 Å². The zero-order valence-corrected chi connectivity index (χ0v) is 30.2. The predicted molar refractivity (Wildman–Crippen MR) is 217 cm³/mol. The standard InChI is InChI=1S/C49H40N4/c1-30-22-33-23-31(2)27-49(26-30,28-33)37-18-15-35(16-19-37)46-51-47(53-48(52-46)43-13-7-9-34-8-3-4-10-38(34)43)36-17-21-41-39-11-5-6-12-40(39)44-24-32(29-50)14-20-42(44)45(41)25-36/h3-21,24-25,30-31,33H,22-23,26-28H2,1-2H3/t30-,31+,33?,49?. The van der Waals surface area contributed by atoms with E-state index in [0.717, 1.165) is 77.5 Å². The molecular formula is C49H40N4. The second-order valence-electron chi connectivity index (χ2n) is 16.0.